The number of hydrogen-bond acceptors (Lipinski definition) is 7. The summed E-state index contributed by atoms with van der Waals surface area (Å²) >= 11 is 12.4. The molecule has 0 atom stereocenters. The number of ether oxygens (including phenoxy) is 3. The number of carbonyl (C=O) groups is 3. The van der Waals surface area contributed by atoms with Crippen LogP contribution in [0.15, 0.2) is 66.6 Å². The zero-order valence-corrected chi connectivity index (χ0v) is 27.2. The first-order valence-electron chi connectivity index (χ1n) is 14.0. The van der Waals surface area contributed by atoms with Crippen molar-refractivity contribution in [2.24, 2.45) is 0 Å². The number of amides is 2. The Hall–Kier alpha value is -4.42. The number of nitrogens with one attached hydrogen (secondary N) is 3. The summed E-state index contributed by atoms with van der Waals surface area (Å²) < 4.78 is 29.8. The molecule has 0 unspecified atom stereocenters. The zero-order chi connectivity index (χ0) is 33.1. The molecule has 0 saturated carbocycles. The minimum absolute atomic E-state index is 0.00959. The number of benzene rings is 2. The van der Waals surface area contributed by atoms with E-state index in [1.165, 1.54) is 0 Å². The monoisotopic (exact) mass is 658 g/mol. The van der Waals surface area contributed by atoms with Crippen LogP contribution in [0.5, 0.6) is 5.75 Å². The number of nitrogens with zero attached hydrogens (tertiary/aromatic N) is 1. The Labute approximate surface area is 271 Å². The highest BCUT2D eigenvalue weighted by molar-refractivity contribution is 7.80. The van der Waals surface area contributed by atoms with Crippen LogP contribution in [0.4, 0.5) is 14.9 Å². The first-order valence-corrected chi connectivity index (χ1v) is 14.8. The van der Waals surface area contributed by atoms with Gasteiger partial charge in [-0.15, -0.1) is 0 Å². The molecule has 0 bridgehead atoms. The van der Waals surface area contributed by atoms with Crippen molar-refractivity contribution in [3.8, 4) is 5.75 Å². The molecule has 10 nitrogen and oxygen atoms in total. The Morgan fingerprint density at radius 2 is 1.82 bits per heavy atom. The van der Waals surface area contributed by atoms with Gasteiger partial charge in [-0.2, -0.15) is 0 Å². The number of thiocarbonyl (C=S) groups is 1. The predicted molar refractivity (Wildman–Crippen MR) is 175 cm³/mol. The molecule has 240 valence electrons. The van der Waals surface area contributed by atoms with Crippen LogP contribution in [0.1, 0.15) is 59.7 Å². The second-order valence-electron chi connectivity index (χ2n) is 10.8. The molecule has 0 radical (unpaired) electrons. The number of halogens is 2. The van der Waals surface area contributed by atoms with Crippen molar-refractivity contribution in [3.05, 3.63) is 94.0 Å². The van der Waals surface area contributed by atoms with Crippen molar-refractivity contribution in [2.75, 3.05) is 24.7 Å². The van der Waals surface area contributed by atoms with Crippen LogP contribution in [-0.2, 0) is 16.0 Å². The van der Waals surface area contributed by atoms with E-state index >= 15 is 0 Å². The molecular formula is C32H36ClFN4O6S. The summed E-state index contributed by atoms with van der Waals surface area (Å²) in [7, 11) is 0. The molecule has 3 aromatic rings. The number of alkyl carbamates (subject to hydrolysis) is 1. The van der Waals surface area contributed by atoms with Crippen LogP contribution >= 0.6 is 23.8 Å². The van der Waals surface area contributed by atoms with Gasteiger partial charge in [-0.05, 0) is 76.2 Å². The van der Waals surface area contributed by atoms with Gasteiger partial charge in [0, 0.05) is 23.9 Å². The predicted octanol–water partition coefficient (Wildman–Crippen LogP) is 6.63. The third-order valence-electron chi connectivity index (χ3n) is 6.09. The van der Waals surface area contributed by atoms with Gasteiger partial charge in [0.05, 0.1) is 30.2 Å². The highest BCUT2D eigenvalue weighted by atomic mass is 35.5. The van der Waals surface area contributed by atoms with Crippen molar-refractivity contribution >= 4 is 52.6 Å². The van der Waals surface area contributed by atoms with E-state index in [4.69, 9.17) is 38.0 Å². The maximum Gasteiger partial charge on any atom is 0.407 e. The van der Waals surface area contributed by atoms with E-state index in [1.807, 2.05) is 0 Å². The van der Waals surface area contributed by atoms with Crippen LogP contribution in [0, 0.1) is 6.92 Å². The largest absolute Gasteiger partial charge is 0.488 e. The molecule has 3 N–H and O–H groups in total. The third kappa shape index (κ3) is 10.0. The first kappa shape index (κ1) is 35.1. The number of H-pyrrole nitrogens is 1. The molecule has 0 fully saturated rings. The van der Waals surface area contributed by atoms with Crippen LogP contribution in [0.3, 0.4) is 0 Å². The number of hydrogen-bond donors (Lipinski definition) is 3. The first-order chi connectivity index (χ1) is 21.3. The standard InChI is InChI=1S/C32H36ClFN4O6S/c1-6-42-29(40)26-27(20(2)16-35-26)38(30(45)37-28(39)22-11-8-7-9-12-22)18-23-13-10-14-24(25(23)33)43-19-21(15-34)17-36-31(41)44-32(3,4)5/h7-16,35H,6,17-19H2,1-5H3,(H,36,41)(H,37,39,45)/b21-15+. The van der Waals surface area contributed by atoms with Crippen LogP contribution in [-0.4, -0.2) is 53.4 Å². The Bertz CT molecular complexity index is 1550. The number of aryl methyl sites for hydroxylation is 1. The van der Waals surface area contributed by atoms with Gasteiger partial charge in [0.2, 0.25) is 0 Å². The molecule has 13 heteroatoms. The van der Waals surface area contributed by atoms with E-state index in [2.05, 4.69) is 15.6 Å². The average molecular weight is 659 g/mol. The molecule has 3 rings (SSSR count). The zero-order valence-electron chi connectivity index (χ0n) is 25.7. The molecule has 2 aromatic carbocycles. The van der Waals surface area contributed by atoms with Crippen molar-refractivity contribution in [1.82, 2.24) is 15.6 Å². The number of aromatic nitrogens is 1. The Morgan fingerprint density at radius 1 is 1.11 bits per heavy atom. The highest BCUT2D eigenvalue weighted by Crippen LogP contribution is 2.33. The summed E-state index contributed by atoms with van der Waals surface area (Å²) in [5.74, 6) is -0.803. The van der Waals surface area contributed by atoms with Gasteiger partial charge in [-0.1, -0.05) is 41.9 Å². The molecule has 1 aromatic heterocycles. The molecule has 1 heterocycles. The fourth-order valence-electron chi connectivity index (χ4n) is 4.05. The van der Waals surface area contributed by atoms with Crippen LogP contribution in [0.2, 0.25) is 5.02 Å². The SMILES string of the molecule is CCOC(=O)c1[nH]cc(C)c1N(Cc1cccc(OC/C(=C/F)CNC(=O)OC(C)(C)C)c1Cl)C(=S)NC(=O)c1ccccc1. The molecule has 0 aliphatic carbocycles. The fourth-order valence-corrected chi connectivity index (χ4v) is 4.54. The van der Waals surface area contributed by atoms with Crippen LogP contribution < -0.4 is 20.3 Å². The molecule has 0 spiro atoms. The second kappa shape index (κ2) is 16.1. The number of rotatable bonds is 11. The topological polar surface area (TPSA) is 122 Å². The molecular weight excluding hydrogens is 623 g/mol. The minimum Gasteiger partial charge on any atom is -0.488 e. The number of anilines is 1. The second-order valence-corrected chi connectivity index (χ2v) is 11.5. The van der Waals surface area contributed by atoms with Gasteiger partial charge in [-0.25, -0.2) is 14.0 Å². The van der Waals surface area contributed by atoms with Gasteiger partial charge >= 0.3 is 12.1 Å². The summed E-state index contributed by atoms with van der Waals surface area (Å²) in [6, 6.07) is 13.6. The van der Waals surface area contributed by atoms with Crippen molar-refractivity contribution in [2.45, 2.75) is 46.8 Å². The Kier molecular flexibility index (Phi) is 12.5. The maximum atomic E-state index is 13.6. The van der Waals surface area contributed by atoms with E-state index in [-0.39, 0.29) is 53.5 Å². The summed E-state index contributed by atoms with van der Waals surface area (Å²) in [5, 5.41) is 5.42. The molecule has 0 aliphatic rings. The van der Waals surface area contributed by atoms with Gasteiger partial charge < -0.3 is 29.4 Å². The summed E-state index contributed by atoms with van der Waals surface area (Å²) in [6.07, 6.45) is 1.28. The normalized spacial score (nSPS) is 11.4. The van der Waals surface area contributed by atoms with Gasteiger partial charge in [-0.3, -0.25) is 10.1 Å². The van der Waals surface area contributed by atoms with Gasteiger partial charge in [0.1, 0.15) is 23.7 Å². The highest BCUT2D eigenvalue weighted by Gasteiger charge is 2.27. The molecule has 45 heavy (non-hydrogen) atoms. The lowest BCUT2D eigenvalue weighted by atomic mass is 10.1. The quantitative estimate of drug-likeness (QED) is 0.155. The van der Waals surface area contributed by atoms with E-state index in [0.717, 1.165) is 0 Å². The van der Waals surface area contributed by atoms with E-state index in [0.29, 0.717) is 28.7 Å². The van der Waals surface area contributed by atoms with Crippen LogP contribution in [0.25, 0.3) is 0 Å². The summed E-state index contributed by atoms with van der Waals surface area (Å²) in [5.41, 5.74) is 1.55. The number of aromatic amines is 1. The van der Waals surface area contributed by atoms with E-state index in [1.54, 1.807) is 94.2 Å². The number of carbonyl (C=O) groups excluding carboxylic acids is 3. The molecule has 0 aliphatic heterocycles. The van der Waals surface area contributed by atoms with Gasteiger partial charge in [0.25, 0.3) is 5.91 Å². The Morgan fingerprint density at radius 3 is 2.47 bits per heavy atom. The lowest BCUT2D eigenvalue weighted by Crippen LogP contribution is -2.43. The smallest absolute Gasteiger partial charge is 0.407 e. The lowest BCUT2D eigenvalue weighted by Gasteiger charge is -2.27. The average Bonchev–Trinajstić information content (AvgIpc) is 3.37. The minimum atomic E-state index is -0.704. The third-order valence-corrected chi connectivity index (χ3v) is 6.84. The van der Waals surface area contributed by atoms with Crippen molar-refractivity contribution < 1.29 is 33.0 Å². The fraction of sp³-hybridized carbons (Fsp3) is 0.312. The van der Waals surface area contributed by atoms with Crippen molar-refractivity contribution in [3.63, 3.8) is 0 Å². The van der Waals surface area contributed by atoms with Gasteiger partial charge in [0.15, 0.2) is 5.11 Å². The molecule has 2 amide bonds. The maximum absolute atomic E-state index is 13.6. The molecule has 0 saturated heterocycles. The Balaban J connectivity index is 1.86. The number of esters is 1. The van der Waals surface area contributed by atoms with Crippen molar-refractivity contribution in [1.29, 1.82) is 0 Å². The van der Waals surface area contributed by atoms with E-state index < -0.39 is 23.6 Å². The lowest BCUT2D eigenvalue weighted by molar-refractivity contribution is 0.0514. The van der Waals surface area contributed by atoms with E-state index in [9.17, 15) is 18.8 Å². The summed E-state index contributed by atoms with van der Waals surface area (Å²) in [6.45, 7) is 8.44. The summed E-state index contributed by atoms with van der Waals surface area (Å²) in [4.78, 5) is 42.3.